The van der Waals surface area contributed by atoms with Crippen molar-refractivity contribution in [2.45, 2.75) is 31.8 Å². The first-order valence-corrected chi connectivity index (χ1v) is 3.87. The summed E-state index contributed by atoms with van der Waals surface area (Å²) >= 11 is 0. The molecule has 6 heteroatoms. The Hall–Kier alpha value is -0.680. The number of halogens is 1. The van der Waals surface area contributed by atoms with E-state index in [1.165, 1.54) is 0 Å². The molecule has 2 rings (SSSR count). The van der Waals surface area contributed by atoms with Crippen molar-refractivity contribution in [1.29, 1.82) is 0 Å². The maximum Gasteiger partial charge on any atom is 0.151 e. The summed E-state index contributed by atoms with van der Waals surface area (Å²) in [4.78, 5) is 0. The van der Waals surface area contributed by atoms with Crippen LogP contribution in [0.5, 0.6) is 0 Å². The van der Waals surface area contributed by atoms with Gasteiger partial charge in [0.25, 0.3) is 0 Å². The van der Waals surface area contributed by atoms with Gasteiger partial charge in [-0.2, -0.15) is 0 Å². The largest absolute Gasteiger partial charge is 0.328 e. The number of hydrogen-bond donors (Lipinski definition) is 1. The summed E-state index contributed by atoms with van der Waals surface area (Å²) in [5.41, 5.74) is 5.78. The lowest BCUT2D eigenvalue weighted by atomic mass is 10.1. The molecule has 1 aromatic heterocycles. The van der Waals surface area contributed by atoms with E-state index in [2.05, 4.69) is 15.5 Å². The lowest BCUT2D eigenvalue weighted by Crippen LogP contribution is -2.20. The van der Waals surface area contributed by atoms with Crippen molar-refractivity contribution >= 4 is 12.4 Å². The highest BCUT2D eigenvalue weighted by molar-refractivity contribution is 5.85. The van der Waals surface area contributed by atoms with E-state index in [-0.39, 0.29) is 12.4 Å². The van der Waals surface area contributed by atoms with Crippen molar-refractivity contribution in [2.75, 3.05) is 0 Å². The second-order valence-corrected chi connectivity index (χ2v) is 2.91. The summed E-state index contributed by atoms with van der Waals surface area (Å²) in [6.45, 7) is 0.865. The standard InChI is InChI=1S/C6H11N5.ClH/c7-5-1-2-6-8-9-10-11(6)4-3-5;/h5H,1-4,7H2;1H. The Bertz CT molecular complexity index is 225. The molecule has 0 amide bonds. The van der Waals surface area contributed by atoms with Crippen LogP contribution in [0.4, 0.5) is 0 Å². The Balaban J connectivity index is 0.000000720. The van der Waals surface area contributed by atoms with Crippen molar-refractivity contribution in [2.24, 2.45) is 5.73 Å². The second kappa shape index (κ2) is 3.82. The summed E-state index contributed by atoms with van der Waals surface area (Å²) < 4.78 is 1.84. The average molecular weight is 190 g/mol. The first-order valence-electron chi connectivity index (χ1n) is 3.87. The van der Waals surface area contributed by atoms with Gasteiger partial charge in [-0.25, -0.2) is 4.68 Å². The van der Waals surface area contributed by atoms with Gasteiger partial charge >= 0.3 is 0 Å². The maximum atomic E-state index is 5.78. The van der Waals surface area contributed by atoms with Crippen molar-refractivity contribution in [3.8, 4) is 0 Å². The third-order valence-electron chi connectivity index (χ3n) is 2.06. The van der Waals surface area contributed by atoms with Gasteiger partial charge in [0.15, 0.2) is 5.82 Å². The van der Waals surface area contributed by atoms with Crippen LogP contribution in [0.2, 0.25) is 0 Å². The number of hydrogen-bond acceptors (Lipinski definition) is 4. The lowest BCUT2D eigenvalue weighted by Gasteiger charge is -2.03. The third-order valence-corrected chi connectivity index (χ3v) is 2.06. The van der Waals surface area contributed by atoms with Crippen LogP contribution in [0.15, 0.2) is 0 Å². The van der Waals surface area contributed by atoms with Gasteiger partial charge in [-0.3, -0.25) is 0 Å². The molecular formula is C6H12ClN5. The van der Waals surface area contributed by atoms with Gasteiger partial charge in [-0.15, -0.1) is 17.5 Å². The molecule has 0 spiro atoms. The van der Waals surface area contributed by atoms with Gasteiger partial charge in [0.1, 0.15) is 0 Å². The quantitative estimate of drug-likeness (QED) is 0.612. The Morgan fingerprint density at radius 1 is 1.42 bits per heavy atom. The smallest absolute Gasteiger partial charge is 0.151 e. The van der Waals surface area contributed by atoms with Crippen molar-refractivity contribution in [1.82, 2.24) is 20.2 Å². The van der Waals surface area contributed by atoms with Crippen molar-refractivity contribution in [3.63, 3.8) is 0 Å². The fourth-order valence-electron chi connectivity index (χ4n) is 1.32. The number of tetrazole rings is 1. The van der Waals surface area contributed by atoms with E-state index >= 15 is 0 Å². The number of nitrogens with two attached hydrogens (primary N) is 1. The zero-order valence-corrected chi connectivity index (χ0v) is 7.50. The van der Waals surface area contributed by atoms with Crippen LogP contribution in [0.1, 0.15) is 18.7 Å². The molecule has 1 aromatic rings. The molecule has 0 fully saturated rings. The molecule has 1 unspecified atom stereocenters. The van der Waals surface area contributed by atoms with E-state index in [0.717, 1.165) is 31.6 Å². The van der Waals surface area contributed by atoms with Gasteiger partial charge in [-0.05, 0) is 23.3 Å². The highest BCUT2D eigenvalue weighted by atomic mass is 35.5. The van der Waals surface area contributed by atoms with Crippen LogP contribution in [-0.4, -0.2) is 26.2 Å². The molecule has 0 saturated carbocycles. The molecule has 1 aliphatic heterocycles. The average Bonchev–Trinajstić information content (AvgIpc) is 2.38. The summed E-state index contributed by atoms with van der Waals surface area (Å²) in [6, 6.07) is 0.304. The number of rotatable bonds is 0. The predicted octanol–water partition coefficient (Wildman–Crippen LogP) is -0.242. The molecule has 2 N–H and O–H groups in total. The van der Waals surface area contributed by atoms with E-state index in [0.29, 0.717) is 6.04 Å². The minimum absolute atomic E-state index is 0. The zero-order valence-electron chi connectivity index (χ0n) is 6.68. The molecule has 68 valence electrons. The molecule has 5 nitrogen and oxygen atoms in total. The van der Waals surface area contributed by atoms with Crippen LogP contribution >= 0.6 is 12.4 Å². The van der Waals surface area contributed by atoms with E-state index in [9.17, 15) is 0 Å². The fourth-order valence-corrected chi connectivity index (χ4v) is 1.32. The van der Waals surface area contributed by atoms with Crippen molar-refractivity contribution in [3.05, 3.63) is 5.82 Å². The van der Waals surface area contributed by atoms with Gasteiger partial charge in [-0.1, -0.05) is 0 Å². The Labute approximate surface area is 76.7 Å². The third kappa shape index (κ3) is 1.73. The molecule has 0 aliphatic carbocycles. The first kappa shape index (κ1) is 9.41. The summed E-state index contributed by atoms with van der Waals surface area (Å²) in [5, 5.41) is 11.3. The Morgan fingerprint density at radius 3 is 3.08 bits per heavy atom. The molecular weight excluding hydrogens is 178 g/mol. The highest BCUT2D eigenvalue weighted by Gasteiger charge is 2.14. The normalized spacial score (nSPS) is 22.2. The fraction of sp³-hybridized carbons (Fsp3) is 0.833. The topological polar surface area (TPSA) is 69.6 Å². The van der Waals surface area contributed by atoms with E-state index in [4.69, 9.17) is 5.73 Å². The number of fused-ring (bicyclic) bond motifs is 1. The monoisotopic (exact) mass is 189 g/mol. The van der Waals surface area contributed by atoms with Gasteiger partial charge in [0.2, 0.25) is 0 Å². The number of aromatic nitrogens is 4. The van der Waals surface area contributed by atoms with Gasteiger partial charge in [0.05, 0.1) is 0 Å². The van der Waals surface area contributed by atoms with Gasteiger partial charge in [0, 0.05) is 19.0 Å². The molecule has 0 aromatic carbocycles. The molecule has 2 heterocycles. The molecule has 12 heavy (non-hydrogen) atoms. The summed E-state index contributed by atoms with van der Waals surface area (Å²) in [7, 11) is 0. The van der Waals surface area contributed by atoms with Crippen LogP contribution in [0.25, 0.3) is 0 Å². The lowest BCUT2D eigenvalue weighted by molar-refractivity contribution is 0.515. The molecule has 1 atom stereocenters. The number of nitrogens with zero attached hydrogens (tertiary/aromatic N) is 4. The highest BCUT2D eigenvalue weighted by Crippen LogP contribution is 2.08. The Kier molecular flexibility index (Phi) is 2.99. The summed E-state index contributed by atoms with van der Waals surface area (Å²) in [5.74, 6) is 0.970. The van der Waals surface area contributed by atoms with Crippen LogP contribution < -0.4 is 5.73 Å². The minimum Gasteiger partial charge on any atom is -0.328 e. The first-order chi connectivity index (χ1) is 5.36. The van der Waals surface area contributed by atoms with E-state index in [1.807, 2.05) is 4.68 Å². The van der Waals surface area contributed by atoms with Crippen molar-refractivity contribution < 1.29 is 0 Å². The Morgan fingerprint density at radius 2 is 2.25 bits per heavy atom. The summed E-state index contributed by atoms with van der Waals surface area (Å²) in [6.07, 6.45) is 2.90. The molecule has 0 radical (unpaired) electrons. The SMILES string of the molecule is Cl.NC1CCc2nnnn2CC1. The second-order valence-electron chi connectivity index (χ2n) is 2.91. The number of aryl methyl sites for hydroxylation is 2. The maximum absolute atomic E-state index is 5.78. The predicted molar refractivity (Wildman–Crippen MR) is 46.0 cm³/mol. The van der Waals surface area contributed by atoms with Crippen LogP contribution in [0, 0.1) is 0 Å². The molecule has 1 aliphatic rings. The molecule has 0 bridgehead atoms. The van der Waals surface area contributed by atoms with Crippen LogP contribution in [0.3, 0.4) is 0 Å². The van der Waals surface area contributed by atoms with Crippen LogP contribution in [-0.2, 0) is 13.0 Å². The van der Waals surface area contributed by atoms with E-state index in [1.54, 1.807) is 0 Å². The molecule has 0 saturated heterocycles. The van der Waals surface area contributed by atoms with E-state index < -0.39 is 0 Å². The zero-order chi connectivity index (χ0) is 7.68. The minimum atomic E-state index is 0. The van der Waals surface area contributed by atoms with Gasteiger partial charge < -0.3 is 5.73 Å².